The van der Waals surface area contributed by atoms with Crippen molar-refractivity contribution in [2.24, 2.45) is 23.7 Å². The Morgan fingerprint density at radius 3 is 2.57 bits per heavy atom. The number of benzene rings is 1. The van der Waals surface area contributed by atoms with E-state index in [-0.39, 0.29) is 22.9 Å². The molecule has 4 fully saturated rings. The summed E-state index contributed by atoms with van der Waals surface area (Å²) in [5.74, 6) is -2.23. The van der Waals surface area contributed by atoms with Crippen LogP contribution in [-0.4, -0.2) is 77.5 Å². The van der Waals surface area contributed by atoms with Gasteiger partial charge in [0.05, 0.1) is 23.0 Å². The fourth-order valence-electron chi connectivity index (χ4n) is 7.96. The number of halogens is 2. The van der Waals surface area contributed by atoms with Crippen LogP contribution in [0, 0.1) is 29.5 Å². The minimum Gasteiger partial charge on any atom is -0.359 e. The lowest BCUT2D eigenvalue weighted by molar-refractivity contribution is -0.141. The number of hydrogen-bond donors (Lipinski definition) is 2. The van der Waals surface area contributed by atoms with E-state index < -0.39 is 41.3 Å². The molecule has 3 amide bonds. The van der Waals surface area contributed by atoms with Gasteiger partial charge in [-0.2, -0.15) is 0 Å². The summed E-state index contributed by atoms with van der Waals surface area (Å²) in [6, 6.07) is 3.15. The highest BCUT2D eigenvalue weighted by Crippen LogP contribution is 2.55. The third-order valence-electron chi connectivity index (χ3n) is 10.5. The highest BCUT2D eigenvalue weighted by atomic mass is 35.5. The lowest BCUT2D eigenvalue weighted by Gasteiger charge is -2.38. The van der Waals surface area contributed by atoms with Crippen molar-refractivity contribution in [2.45, 2.75) is 82.6 Å². The molecule has 8 nitrogen and oxygen atoms in total. The van der Waals surface area contributed by atoms with Crippen LogP contribution in [0.4, 0.5) is 10.1 Å². The van der Waals surface area contributed by atoms with Crippen LogP contribution >= 0.6 is 11.6 Å². The molecule has 4 aliphatic heterocycles. The number of ether oxygens (including phenoxy) is 1. The van der Waals surface area contributed by atoms with E-state index in [0.717, 1.165) is 45.2 Å². The van der Waals surface area contributed by atoms with E-state index in [0.29, 0.717) is 30.6 Å². The second-order valence-electron chi connectivity index (χ2n) is 13.0. The van der Waals surface area contributed by atoms with Crippen LogP contribution < -0.4 is 10.6 Å². The van der Waals surface area contributed by atoms with Crippen molar-refractivity contribution in [3.8, 4) is 0 Å². The van der Waals surface area contributed by atoms with Crippen molar-refractivity contribution in [1.82, 2.24) is 15.1 Å². The van der Waals surface area contributed by atoms with Gasteiger partial charge in [0.2, 0.25) is 17.7 Å². The first-order valence-electron chi connectivity index (χ1n) is 15.7. The van der Waals surface area contributed by atoms with Gasteiger partial charge in [-0.15, -0.1) is 0 Å². The number of hydrogen-bond acceptors (Lipinski definition) is 5. The maximum Gasteiger partial charge on any atom is 0.246 e. The molecule has 6 rings (SSSR count). The number of fused-ring (bicyclic) bond motifs is 1. The third-order valence-corrected chi connectivity index (χ3v) is 10.8. The van der Waals surface area contributed by atoms with Crippen LogP contribution in [-0.2, 0) is 19.1 Å². The van der Waals surface area contributed by atoms with Gasteiger partial charge in [-0.3, -0.25) is 14.4 Å². The van der Waals surface area contributed by atoms with E-state index in [4.69, 9.17) is 16.3 Å². The predicted molar refractivity (Wildman–Crippen MR) is 158 cm³/mol. The van der Waals surface area contributed by atoms with E-state index in [1.807, 2.05) is 12.2 Å². The molecule has 42 heavy (non-hydrogen) atoms. The van der Waals surface area contributed by atoms with Gasteiger partial charge in [-0.1, -0.05) is 63.3 Å². The SMILES string of the molecule is CC1CCCC(NC(=O)C2N(CCN3CCCCCC3)C(=O)[C@@H]3C(C(=O)Nc4ccc(F)c(Cl)c4)[C@@H]4C=CC23O4)C1C. The van der Waals surface area contributed by atoms with Crippen molar-refractivity contribution < 1.29 is 23.5 Å². The summed E-state index contributed by atoms with van der Waals surface area (Å²) in [5.41, 5.74) is -0.873. The Bertz CT molecular complexity index is 1250. The van der Waals surface area contributed by atoms with E-state index >= 15 is 0 Å². The average molecular weight is 601 g/mol. The van der Waals surface area contributed by atoms with Crippen LogP contribution in [0.1, 0.15) is 58.8 Å². The average Bonchev–Trinajstić information content (AvgIpc) is 3.51. The molecule has 3 saturated heterocycles. The molecule has 0 aromatic heterocycles. The molecule has 0 radical (unpaired) electrons. The second kappa shape index (κ2) is 11.9. The van der Waals surface area contributed by atoms with Crippen LogP contribution in [0.2, 0.25) is 5.02 Å². The van der Waals surface area contributed by atoms with Gasteiger partial charge < -0.3 is 25.2 Å². The summed E-state index contributed by atoms with van der Waals surface area (Å²) >= 11 is 5.94. The molecule has 1 spiro atoms. The zero-order valence-electron chi connectivity index (χ0n) is 24.5. The Morgan fingerprint density at radius 2 is 1.83 bits per heavy atom. The van der Waals surface area contributed by atoms with Crippen LogP contribution in [0.15, 0.2) is 30.4 Å². The fraction of sp³-hybridized carbons (Fsp3) is 0.656. The monoisotopic (exact) mass is 600 g/mol. The summed E-state index contributed by atoms with van der Waals surface area (Å²) in [6.07, 6.45) is 10.8. The number of carbonyl (C=O) groups is 3. The highest BCUT2D eigenvalue weighted by molar-refractivity contribution is 6.31. The maximum absolute atomic E-state index is 14.3. The summed E-state index contributed by atoms with van der Waals surface area (Å²) in [5, 5.41) is 6.02. The first-order valence-corrected chi connectivity index (χ1v) is 16.0. The minimum atomic E-state index is -1.21. The summed E-state index contributed by atoms with van der Waals surface area (Å²) < 4.78 is 20.2. The minimum absolute atomic E-state index is 0.0316. The normalized spacial score (nSPS) is 36.1. The van der Waals surface area contributed by atoms with Gasteiger partial charge >= 0.3 is 0 Å². The highest BCUT2D eigenvalue weighted by Gasteiger charge is 2.72. The van der Waals surface area contributed by atoms with Crippen molar-refractivity contribution in [1.29, 1.82) is 0 Å². The molecule has 1 aromatic rings. The quantitative estimate of drug-likeness (QED) is 0.453. The van der Waals surface area contributed by atoms with E-state index in [2.05, 4.69) is 29.4 Å². The van der Waals surface area contributed by atoms with Gasteiger partial charge in [0.15, 0.2) is 0 Å². The fourth-order valence-corrected chi connectivity index (χ4v) is 8.14. The summed E-state index contributed by atoms with van der Waals surface area (Å²) in [6.45, 7) is 7.45. The number of likely N-dealkylation sites (tertiary alicyclic amines) is 2. The van der Waals surface area contributed by atoms with Crippen molar-refractivity contribution in [2.75, 3.05) is 31.5 Å². The Balaban J connectivity index is 1.27. The van der Waals surface area contributed by atoms with E-state index in [9.17, 15) is 18.8 Å². The lowest BCUT2D eigenvalue weighted by Crippen LogP contribution is -2.58. The Hall–Kier alpha value is -2.49. The standard InChI is InChI=1S/C32H42ClFN4O4/c1-19-8-7-9-24(20(19)2)36-30(40)28-32-13-12-25(42-32)26(29(39)35-21-10-11-23(34)22(33)18-21)27(32)31(41)38(28)17-16-37-14-5-3-4-6-15-37/h10-13,18-20,24-28H,3-9,14-17H2,1-2H3,(H,35,39)(H,36,40)/t19?,20?,24?,25-,26?,27-,28?,32?/m0/s1. The summed E-state index contributed by atoms with van der Waals surface area (Å²) in [4.78, 5) is 46.2. The van der Waals surface area contributed by atoms with Gasteiger partial charge in [-0.25, -0.2) is 4.39 Å². The molecular formula is C32H42ClFN4O4. The first-order chi connectivity index (χ1) is 20.2. The number of anilines is 1. The molecule has 2 bridgehead atoms. The lowest BCUT2D eigenvalue weighted by atomic mass is 9.73. The number of nitrogens with one attached hydrogen (secondary N) is 2. The molecule has 2 N–H and O–H groups in total. The van der Waals surface area contributed by atoms with Crippen LogP contribution in [0.5, 0.6) is 0 Å². The number of nitrogens with zero attached hydrogens (tertiary/aromatic N) is 2. The zero-order chi connectivity index (χ0) is 29.6. The van der Waals surface area contributed by atoms with Crippen LogP contribution in [0.3, 0.4) is 0 Å². The van der Waals surface area contributed by atoms with E-state index in [1.165, 1.54) is 31.0 Å². The molecule has 1 aromatic carbocycles. The first kappa shape index (κ1) is 29.6. The van der Waals surface area contributed by atoms with Crippen LogP contribution in [0.25, 0.3) is 0 Å². The van der Waals surface area contributed by atoms with Crippen molar-refractivity contribution in [3.05, 3.63) is 41.2 Å². The second-order valence-corrected chi connectivity index (χ2v) is 13.4. The molecule has 1 saturated carbocycles. The molecular weight excluding hydrogens is 559 g/mol. The van der Waals surface area contributed by atoms with Gasteiger partial charge in [0, 0.05) is 24.8 Å². The Kier molecular flexibility index (Phi) is 8.37. The maximum atomic E-state index is 14.3. The van der Waals surface area contributed by atoms with Crippen molar-refractivity contribution >= 4 is 35.0 Å². The summed E-state index contributed by atoms with van der Waals surface area (Å²) in [7, 11) is 0. The molecule has 5 aliphatic rings. The number of carbonyl (C=O) groups excluding carboxylic acids is 3. The topological polar surface area (TPSA) is 91.0 Å². The predicted octanol–water partition coefficient (Wildman–Crippen LogP) is 4.39. The number of rotatable bonds is 7. The molecule has 228 valence electrons. The molecule has 6 unspecified atom stereocenters. The molecule has 10 heteroatoms. The zero-order valence-corrected chi connectivity index (χ0v) is 25.2. The molecule has 4 heterocycles. The van der Waals surface area contributed by atoms with Gasteiger partial charge in [0.1, 0.15) is 17.5 Å². The largest absolute Gasteiger partial charge is 0.359 e. The third kappa shape index (κ3) is 5.26. The van der Waals surface area contributed by atoms with Gasteiger partial charge in [0.25, 0.3) is 0 Å². The number of amides is 3. The van der Waals surface area contributed by atoms with Gasteiger partial charge in [-0.05, 0) is 62.4 Å². The molecule has 1 aliphatic carbocycles. The molecule has 8 atom stereocenters. The Morgan fingerprint density at radius 1 is 1.07 bits per heavy atom. The van der Waals surface area contributed by atoms with E-state index in [1.54, 1.807) is 4.90 Å². The Labute approximate surface area is 252 Å². The smallest absolute Gasteiger partial charge is 0.246 e. The van der Waals surface area contributed by atoms with Crippen molar-refractivity contribution in [3.63, 3.8) is 0 Å².